The van der Waals surface area contributed by atoms with Crippen LogP contribution < -0.4 is 10.6 Å². The van der Waals surface area contributed by atoms with Gasteiger partial charge >= 0.3 is 5.97 Å². The number of nitrogens with zero attached hydrogens (tertiary/aromatic N) is 1. The van der Waals surface area contributed by atoms with Crippen LogP contribution in [0.1, 0.15) is 41.3 Å². The van der Waals surface area contributed by atoms with Gasteiger partial charge in [-0.15, -0.1) is 0 Å². The van der Waals surface area contributed by atoms with Crippen LogP contribution in [-0.2, 0) is 17.6 Å². The Morgan fingerprint density at radius 1 is 1.19 bits per heavy atom. The first-order valence-electron chi connectivity index (χ1n) is 11.0. The van der Waals surface area contributed by atoms with Crippen molar-refractivity contribution in [3.05, 3.63) is 95.1 Å². The van der Waals surface area contributed by atoms with Crippen LogP contribution in [0.2, 0.25) is 0 Å². The first-order valence-corrected chi connectivity index (χ1v) is 11.0. The van der Waals surface area contributed by atoms with Crippen LogP contribution in [0.15, 0.2) is 66.9 Å². The number of carboxylic acid groups (broad SMARTS) is 1. The van der Waals surface area contributed by atoms with Crippen LogP contribution in [0.4, 0.5) is 10.1 Å². The summed E-state index contributed by atoms with van der Waals surface area (Å²) in [5.74, 6) is -0.679. The molecule has 3 aromatic rings. The number of aliphatic carboxylic acids is 1. The lowest BCUT2D eigenvalue weighted by molar-refractivity contribution is -0.136. The van der Waals surface area contributed by atoms with Crippen LogP contribution in [-0.4, -0.2) is 29.1 Å². The molecule has 4 rings (SSSR count). The number of pyridine rings is 1. The number of halogens is 1. The summed E-state index contributed by atoms with van der Waals surface area (Å²) in [5, 5.41) is 16.2. The minimum absolute atomic E-state index is 0.0291. The van der Waals surface area contributed by atoms with E-state index in [9.17, 15) is 9.18 Å². The van der Waals surface area contributed by atoms with E-state index in [1.165, 1.54) is 17.8 Å². The summed E-state index contributed by atoms with van der Waals surface area (Å²) in [4.78, 5) is 15.4. The van der Waals surface area contributed by atoms with Gasteiger partial charge in [0.25, 0.3) is 0 Å². The number of nitrogens with one attached hydrogen (secondary N) is 2. The number of carboxylic acids is 1. The van der Waals surface area contributed by atoms with Gasteiger partial charge in [-0.2, -0.15) is 0 Å². The quantitative estimate of drug-likeness (QED) is 0.485. The smallest absolute Gasteiger partial charge is 0.307 e. The average molecular weight is 434 g/mol. The van der Waals surface area contributed by atoms with E-state index in [2.05, 4.69) is 34.7 Å². The maximum Gasteiger partial charge on any atom is 0.307 e. The monoisotopic (exact) mass is 433 g/mol. The van der Waals surface area contributed by atoms with Gasteiger partial charge in [-0.25, -0.2) is 4.39 Å². The number of anilines is 1. The summed E-state index contributed by atoms with van der Waals surface area (Å²) in [6.45, 7) is 3.62. The molecule has 0 bridgehead atoms. The summed E-state index contributed by atoms with van der Waals surface area (Å²) in [6.07, 6.45) is 2.07. The van der Waals surface area contributed by atoms with Crippen molar-refractivity contribution in [2.24, 2.45) is 5.92 Å². The Labute approximate surface area is 187 Å². The Balaban J connectivity index is 1.50. The van der Waals surface area contributed by atoms with E-state index in [0.717, 1.165) is 42.0 Å². The van der Waals surface area contributed by atoms with Gasteiger partial charge in [0, 0.05) is 31.1 Å². The third-order valence-corrected chi connectivity index (χ3v) is 6.10. The minimum atomic E-state index is -0.823. The van der Waals surface area contributed by atoms with Gasteiger partial charge in [-0.3, -0.25) is 9.78 Å². The Morgan fingerprint density at radius 2 is 1.97 bits per heavy atom. The van der Waals surface area contributed by atoms with Crippen molar-refractivity contribution in [2.45, 2.75) is 31.7 Å². The predicted molar refractivity (Wildman–Crippen MR) is 123 cm³/mol. The molecular formula is C26H28FN3O2. The Morgan fingerprint density at radius 3 is 2.75 bits per heavy atom. The average Bonchev–Trinajstić information content (AvgIpc) is 2.79. The zero-order valence-electron chi connectivity index (χ0n) is 18.1. The maximum absolute atomic E-state index is 13.5. The fourth-order valence-corrected chi connectivity index (χ4v) is 4.40. The number of hydrogen-bond donors (Lipinski definition) is 3. The van der Waals surface area contributed by atoms with Crippen LogP contribution in [0, 0.1) is 11.7 Å². The molecule has 2 aromatic carbocycles. The third kappa shape index (κ3) is 5.32. The zero-order chi connectivity index (χ0) is 22.5. The van der Waals surface area contributed by atoms with Crippen LogP contribution in [0.25, 0.3) is 0 Å². The summed E-state index contributed by atoms with van der Waals surface area (Å²) >= 11 is 0. The van der Waals surface area contributed by atoms with Crippen LogP contribution in [0.3, 0.4) is 0 Å². The molecule has 1 aliphatic rings. The molecule has 1 aliphatic heterocycles. The standard InChI is InChI=1S/C26H28FN3O2/c1-17(20-9-5-6-18(10-20)11-25(31)32)14-30-26(19-7-3-2-4-8-19)21-12-23-24(28-15-21)13-22(27)16-29-23/h2-10,13,16-17,21,26,28,30H,11-12,14-15H2,1H3,(H,31,32)/t17-,21-,26-/m1/s1. The summed E-state index contributed by atoms with van der Waals surface area (Å²) in [6, 6.07) is 19.8. The molecule has 0 aliphatic carbocycles. The highest BCUT2D eigenvalue weighted by molar-refractivity contribution is 5.70. The summed E-state index contributed by atoms with van der Waals surface area (Å²) in [5.41, 5.74) is 4.80. The molecule has 0 amide bonds. The van der Waals surface area contributed by atoms with E-state index >= 15 is 0 Å². The minimum Gasteiger partial charge on any atom is -0.481 e. The van der Waals surface area contributed by atoms with Gasteiger partial charge in [0.05, 0.1) is 24.0 Å². The van der Waals surface area contributed by atoms with Crippen molar-refractivity contribution in [1.82, 2.24) is 10.3 Å². The van der Waals surface area contributed by atoms with Crippen molar-refractivity contribution >= 4 is 11.7 Å². The second-order valence-corrected chi connectivity index (χ2v) is 8.51. The molecule has 3 atom stereocenters. The number of fused-ring (bicyclic) bond motifs is 1. The molecule has 0 spiro atoms. The molecule has 1 aromatic heterocycles. The molecule has 6 heteroatoms. The lowest BCUT2D eigenvalue weighted by atomic mass is 9.86. The Kier molecular flexibility index (Phi) is 6.81. The number of benzene rings is 2. The van der Waals surface area contributed by atoms with Gasteiger partial charge in [0.15, 0.2) is 0 Å². The fraction of sp³-hybridized carbons (Fsp3) is 0.308. The third-order valence-electron chi connectivity index (χ3n) is 6.10. The van der Waals surface area contributed by atoms with E-state index < -0.39 is 5.97 Å². The lowest BCUT2D eigenvalue weighted by Gasteiger charge is -2.33. The first-order chi connectivity index (χ1) is 15.5. The van der Waals surface area contributed by atoms with Gasteiger partial charge in [0.1, 0.15) is 5.82 Å². The molecule has 0 saturated heterocycles. The highest BCUT2D eigenvalue weighted by Crippen LogP contribution is 2.32. The second-order valence-electron chi connectivity index (χ2n) is 8.51. The van der Waals surface area contributed by atoms with E-state index in [0.29, 0.717) is 0 Å². The van der Waals surface area contributed by atoms with Crippen molar-refractivity contribution in [2.75, 3.05) is 18.4 Å². The molecular weight excluding hydrogens is 405 g/mol. The number of rotatable bonds is 8. The fourth-order valence-electron chi connectivity index (χ4n) is 4.40. The second kappa shape index (κ2) is 9.92. The molecule has 0 fully saturated rings. The number of hydrogen-bond acceptors (Lipinski definition) is 4. The largest absolute Gasteiger partial charge is 0.481 e. The summed E-state index contributed by atoms with van der Waals surface area (Å²) in [7, 11) is 0. The predicted octanol–water partition coefficient (Wildman–Crippen LogP) is 4.57. The highest BCUT2D eigenvalue weighted by Gasteiger charge is 2.28. The van der Waals surface area contributed by atoms with Gasteiger partial charge in [-0.1, -0.05) is 61.5 Å². The van der Waals surface area contributed by atoms with Crippen molar-refractivity contribution in [1.29, 1.82) is 0 Å². The molecule has 5 nitrogen and oxygen atoms in total. The molecule has 3 N–H and O–H groups in total. The number of aromatic nitrogens is 1. The van der Waals surface area contributed by atoms with Gasteiger partial charge in [0.2, 0.25) is 0 Å². The number of carbonyl (C=O) groups is 1. The molecule has 32 heavy (non-hydrogen) atoms. The summed E-state index contributed by atoms with van der Waals surface area (Å²) < 4.78 is 13.5. The highest BCUT2D eigenvalue weighted by atomic mass is 19.1. The zero-order valence-corrected chi connectivity index (χ0v) is 18.1. The van der Waals surface area contributed by atoms with E-state index in [-0.39, 0.29) is 30.1 Å². The van der Waals surface area contributed by atoms with E-state index in [1.54, 1.807) is 0 Å². The first kappa shape index (κ1) is 22.0. The SMILES string of the molecule is C[C@H](CN[C@H](c1ccccc1)[C@H]1CNc2cc(F)cnc2C1)c1cccc(CC(=O)O)c1. The molecule has 2 heterocycles. The Bertz CT molecular complexity index is 1070. The van der Waals surface area contributed by atoms with E-state index in [1.807, 2.05) is 42.5 Å². The van der Waals surface area contributed by atoms with Gasteiger partial charge in [-0.05, 0) is 29.0 Å². The molecule has 0 saturated carbocycles. The molecule has 0 radical (unpaired) electrons. The topological polar surface area (TPSA) is 74.2 Å². The molecule has 0 unspecified atom stereocenters. The van der Waals surface area contributed by atoms with Crippen molar-refractivity contribution in [3.63, 3.8) is 0 Å². The van der Waals surface area contributed by atoms with Crippen molar-refractivity contribution < 1.29 is 14.3 Å². The van der Waals surface area contributed by atoms with Crippen LogP contribution >= 0.6 is 0 Å². The van der Waals surface area contributed by atoms with Crippen LogP contribution in [0.5, 0.6) is 0 Å². The normalized spacial score (nSPS) is 17.1. The lowest BCUT2D eigenvalue weighted by Crippen LogP contribution is -2.37. The maximum atomic E-state index is 13.5. The Hall–Kier alpha value is -3.25. The van der Waals surface area contributed by atoms with Gasteiger partial charge < -0.3 is 15.7 Å². The molecule has 166 valence electrons. The van der Waals surface area contributed by atoms with E-state index in [4.69, 9.17) is 5.11 Å². The van der Waals surface area contributed by atoms with Crippen molar-refractivity contribution in [3.8, 4) is 0 Å².